The summed E-state index contributed by atoms with van der Waals surface area (Å²) in [6.45, 7) is 0. The van der Waals surface area contributed by atoms with E-state index >= 15 is 0 Å². The van der Waals surface area contributed by atoms with E-state index in [1.807, 2.05) is 0 Å². The fourth-order valence-electron chi connectivity index (χ4n) is 0.582. The van der Waals surface area contributed by atoms with Gasteiger partial charge >= 0.3 is 0 Å². The lowest BCUT2D eigenvalue weighted by molar-refractivity contribution is -0.117. The molecule has 0 amide bonds. The molecule has 0 aromatic heterocycles. The lowest BCUT2D eigenvalue weighted by Gasteiger charge is -2.02. The fourth-order valence-corrected chi connectivity index (χ4v) is 0.582. The van der Waals surface area contributed by atoms with Gasteiger partial charge in [-0.2, -0.15) is 0 Å². The van der Waals surface area contributed by atoms with Crippen molar-refractivity contribution >= 4 is 18.2 Å². The molecule has 0 fully saturated rings. The van der Waals surface area contributed by atoms with Crippen LogP contribution in [0.4, 0.5) is 0 Å². The third kappa shape index (κ3) is 1.77. The van der Waals surface area contributed by atoms with Gasteiger partial charge in [0, 0.05) is 0 Å². The molecule has 2 N–H and O–H groups in total. The molecule has 56 valence electrons. The van der Waals surface area contributed by atoms with Gasteiger partial charge in [0.1, 0.15) is 5.76 Å². The van der Waals surface area contributed by atoms with Crippen LogP contribution in [0.3, 0.4) is 0 Å². The summed E-state index contributed by atoms with van der Waals surface area (Å²) in [7, 11) is 0. The van der Waals surface area contributed by atoms with Crippen LogP contribution in [0.1, 0.15) is 6.42 Å². The maximum absolute atomic E-state index is 10.5. The van der Waals surface area contributed by atoms with Crippen LogP contribution in [0.2, 0.25) is 0 Å². The van der Waals surface area contributed by atoms with Crippen LogP contribution in [0.25, 0.3) is 0 Å². The summed E-state index contributed by atoms with van der Waals surface area (Å²) >= 11 is 0. The van der Waals surface area contributed by atoms with E-state index < -0.39 is 5.78 Å². The molecule has 4 heteroatoms. The molecule has 0 atom stereocenters. The minimum Gasteiger partial charge on any atom is -0.512 e. The highest BCUT2D eigenvalue weighted by atomic mass is 35.5. The highest BCUT2D eigenvalue weighted by molar-refractivity contribution is 5.95. The van der Waals surface area contributed by atoms with Crippen LogP contribution in [0.5, 0.6) is 0 Å². The second-order valence-corrected chi connectivity index (χ2v) is 1.81. The standard InChI is InChI=1S/C6H6O3.ClH/c7-4-1-2-5(8)6(9)3-4;/h1-2,7-8H,3H2;1H. The molecule has 0 unspecified atom stereocenters. The van der Waals surface area contributed by atoms with E-state index in [2.05, 4.69) is 0 Å². The van der Waals surface area contributed by atoms with Crippen LogP contribution in [-0.4, -0.2) is 16.0 Å². The molecule has 0 aromatic carbocycles. The molecule has 0 heterocycles. The summed E-state index contributed by atoms with van der Waals surface area (Å²) in [4.78, 5) is 10.5. The molecule has 1 aliphatic rings. The first-order valence-electron chi connectivity index (χ1n) is 2.52. The van der Waals surface area contributed by atoms with Crippen molar-refractivity contribution in [2.45, 2.75) is 6.42 Å². The van der Waals surface area contributed by atoms with Crippen molar-refractivity contribution in [3.8, 4) is 0 Å². The van der Waals surface area contributed by atoms with Gasteiger partial charge in [-0.15, -0.1) is 12.4 Å². The number of carbonyl (C=O) groups excluding carboxylic acids is 1. The van der Waals surface area contributed by atoms with Crippen molar-refractivity contribution < 1.29 is 15.0 Å². The van der Waals surface area contributed by atoms with Crippen molar-refractivity contribution in [2.75, 3.05) is 0 Å². The molecule has 0 saturated carbocycles. The van der Waals surface area contributed by atoms with Gasteiger partial charge in [0.05, 0.1) is 6.42 Å². The van der Waals surface area contributed by atoms with Gasteiger partial charge in [-0.25, -0.2) is 0 Å². The third-order valence-electron chi connectivity index (χ3n) is 1.06. The number of ketones is 1. The van der Waals surface area contributed by atoms with Crippen LogP contribution in [-0.2, 0) is 4.79 Å². The number of hydrogen-bond donors (Lipinski definition) is 2. The van der Waals surface area contributed by atoms with Crippen molar-refractivity contribution in [2.24, 2.45) is 0 Å². The van der Waals surface area contributed by atoms with Crippen LogP contribution in [0, 0.1) is 0 Å². The summed E-state index contributed by atoms with van der Waals surface area (Å²) in [5, 5.41) is 17.3. The zero-order valence-electron chi connectivity index (χ0n) is 5.07. The molecule has 0 aromatic rings. The van der Waals surface area contributed by atoms with Crippen molar-refractivity contribution in [1.82, 2.24) is 0 Å². The Labute approximate surface area is 64.1 Å². The molecule has 0 saturated heterocycles. The molecule has 1 rings (SSSR count). The van der Waals surface area contributed by atoms with Gasteiger partial charge < -0.3 is 10.2 Å². The SMILES string of the molecule is Cl.O=C1CC(O)=CC=C1O. The van der Waals surface area contributed by atoms with E-state index in [-0.39, 0.29) is 30.3 Å². The molecule has 0 radical (unpaired) electrons. The number of carbonyl (C=O) groups is 1. The zero-order chi connectivity index (χ0) is 6.85. The molecular weight excluding hydrogens is 156 g/mol. The summed E-state index contributed by atoms with van der Waals surface area (Å²) < 4.78 is 0. The lowest BCUT2D eigenvalue weighted by atomic mass is 10.1. The topological polar surface area (TPSA) is 57.5 Å². The normalized spacial score (nSPS) is 17.0. The number of Topliss-reactive ketones (excluding diaryl/α,β-unsaturated/α-hetero) is 1. The average Bonchev–Trinajstić information content (AvgIpc) is 1.80. The first kappa shape index (κ1) is 9.04. The van der Waals surface area contributed by atoms with Crippen molar-refractivity contribution in [3.05, 3.63) is 23.7 Å². The molecule has 10 heavy (non-hydrogen) atoms. The summed E-state index contributed by atoms with van der Waals surface area (Å²) in [6.07, 6.45) is 2.40. The lowest BCUT2D eigenvalue weighted by Crippen LogP contribution is -2.06. The zero-order valence-corrected chi connectivity index (χ0v) is 5.89. The molecule has 0 spiro atoms. The Kier molecular flexibility index (Phi) is 2.96. The van der Waals surface area contributed by atoms with Gasteiger partial charge in [0.25, 0.3) is 0 Å². The maximum atomic E-state index is 10.5. The van der Waals surface area contributed by atoms with E-state index in [0.29, 0.717) is 0 Å². The minimum absolute atomic E-state index is 0. The average molecular weight is 163 g/mol. The Morgan fingerprint density at radius 2 is 1.90 bits per heavy atom. The second kappa shape index (κ2) is 3.27. The van der Waals surface area contributed by atoms with Crippen molar-refractivity contribution in [3.63, 3.8) is 0 Å². The van der Waals surface area contributed by atoms with Crippen LogP contribution in [0.15, 0.2) is 23.7 Å². The van der Waals surface area contributed by atoms with Crippen LogP contribution >= 0.6 is 12.4 Å². The predicted molar refractivity (Wildman–Crippen MR) is 38.3 cm³/mol. The van der Waals surface area contributed by atoms with Crippen LogP contribution < -0.4 is 0 Å². The number of rotatable bonds is 0. The van der Waals surface area contributed by atoms with Gasteiger partial charge in [-0.3, -0.25) is 4.79 Å². The van der Waals surface area contributed by atoms with E-state index in [4.69, 9.17) is 10.2 Å². The maximum Gasteiger partial charge on any atom is 0.204 e. The Hall–Kier alpha value is -0.960. The van der Waals surface area contributed by atoms with Gasteiger partial charge in [0.15, 0.2) is 5.76 Å². The smallest absolute Gasteiger partial charge is 0.204 e. The Morgan fingerprint density at radius 3 is 2.30 bits per heavy atom. The molecule has 1 aliphatic carbocycles. The highest BCUT2D eigenvalue weighted by Gasteiger charge is 2.12. The first-order valence-corrected chi connectivity index (χ1v) is 2.52. The third-order valence-corrected chi connectivity index (χ3v) is 1.06. The molecule has 3 nitrogen and oxygen atoms in total. The van der Waals surface area contributed by atoms with Gasteiger partial charge in [-0.05, 0) is 12.2 Å². The van der Waals surface area contributed by atoms with Crippen molar-refractivity contribution in [1.29, 1.82) is 0 Å². The van der Waals surface area contributed by atoms with E-state index in [9.17, 15) is 4.79 Å². The minimum atomic E-state index is -0.435. The Balaban J connectivity index is 0.000000810. The number of aliphatic hydroxyl groups excluding tert-OH is 2. The van der Waals surface area contributed by atoms with Gasteiger partial charge in [-0.1, -0.05) is 0 Å². The summed E-state index contributed by atoms with van der Waals surface area (Å²) in [6, 6.07) is 0. The monoisotopic (exact) mass is 162 g/mol. The fraction of sp³-hybridized carbons (Fsp3) is 0.167. The predicted octanol–water partition coefficient (Wildman–Crippen LogP) is 1.26. The number of hydrogen-bond acceptors (Lipinski definition) is 3. The van der Waals surface area contributed by atoms with E-state index in [1.54, 1.807) is 0 Å². The Bertz CT molecular complexity index is 205. The molecule has 0 aliphatic heterocycles. The largest absolute Gasteiger partial charge is 0.512 e. The van der Waals surface area contributed by atoms with E-state index in [0.717, 1.165) is 0 Å². The molecular formula is C6H7ClO3. The first-order chi connectivity index (χ1) is 4.20. The van der Waals surface area contributed by atoms with E-state index in [1.165, 1.54) is 12.2 Å². The Morgan fingerprint density at radius 1 is 1.30 bits per heavy atom. The number of allylic oxidation sites excluding steroid dienone is 4. The number of halogens is 1. The highest BCUT2D eigenvalue weighted by Crippen LogP contribution is 2.09. The number of aliphatic hydroxyl groups is 2. The molecule has 0 bridgehead atoms. The quantitative estimate of drug-likeness (QED) is 0.564. The summed E-state index contributed by atoms with van der Waals surface area (Å²) in [5.41, 5.74) is 0. The summed E-state index contributed by atoms with van der Waals surface area (Å²) in [5.74, 6) is -0.722. The van der Waals surface area contributed by atoms with Gasteiger partial charge in [0.2, 0.25) is 5.78 Å². The second-order valence-electron chi connectivity index (χ2n) is 1.81.